The fourth-order valence-electron chi connectivity index (χ4n) is 2.70. The lowest BCUT2D eigenvalue weighted by Gasteiger charge is -2.24. The van der Waals surface area contributed by atoms with E-state index in [2.05, 4.69) is 6.58 Å². The van der Waals surface area contributed by atoms with Crippen LogP contribution in [0.25, 0.3) is 0 Å². The second kappa shape index (κ2) is 3.79. The van der Waals surface area contributed by atoms with E-state index < -0.39 is 5.60 Å². The molecule has 1 unspecified atom stereocenters. The smallest absolute Gasteiger partial charge is 0.410 e. The fraction of sp³-hybridized carbons (Fsp3) is 0.769. The highest BCUT2D eigenvalue weighted by Crippen LogP contribution is 2.40. The number of hydrogen-bond donors (Lipinski definition) is 0. The summed E-state index contributed by atoms with van der Waals surface area (Å²) in [5.74, 6) is 1.25. The molecule has 1 aliphatic heterocycles. The average Bonchev–Trinajstić information content (AvgIpc) is 2.56. The van der Waals surface area contributed by atoms with Gasteiger partial charge in [-0.05, 0) is 45.4 Å². The van der Waals surface area contributed by atoms with Gasteiger partial charge >= 0.3 is 6.09 Å². The topological polar surface area (TPSA) is 29.5 Å². The lowest BCUT2D eigenvalue weighted by Crippen LogP contribution is -2.35. The van der Waals surface area contributed by atoms with Gasteiger partial charge in [0.15, 0.2) is 0 Å². The van der Waals surface area contributed by atoms with Gasteiger partial charge in [0.05, 0.1) is 0 Å². The lowest BCUT2D eigenvalue weighted by atomic mass is 10.0. The first-order chi connectivity index (χ1) is 7.35. The average molecular weight is 223 g/mol. The summed E-state index contributed by atoms with van der Waals surface area (Å²) in [6.45, 7) is 11.4. The van der Waals surface area contributed by atoms with Gasteiger partial charge in [0.2, 0.25) is 0 Å². The number of amides is 1. The molecule has 1 saturated carbocycles. The van der Waals surface area contributed by atoms with Crippen molar-refractivity contribution in [3.8, 4) is 0 Å². The Balaban J connectivity index is 1.90. The summed E-state index contributed by atoms with van der Waals surface area (Å²) in [6, 6.07) is 0. The first-order valence-corrected chi connectivity index (χ1v) is 6.00. The number of allylic oxidation sites excluding steroid dienone is 1. The molecule has 1 aliphatic carbocycles. The highest BCUT2D eigenvalue weighted by molar-refractivity contribution is 5.68. The van der Waals surface area contributed by atoms with Gasteiger partial charge in [0.25, 0.3) is 0 Å². The second-order valence-corrected chi connectivity index (χ2v) is 6.06. The maximum atomic E-state index is 11.9. The van der Waals surface area contributed by atoms with Gasteiger partial charge < -0.3 is 9.64 Å². The van der Waals surface area contributed by atoms with Crippen LogP contribution in [0.3, 0.4) is 0 Å². The zero-order valence-corrected chi connectivity index (χ0v) is 10.5. The van der Waals surface area contributed by atoms with Crippen LogP contribution in [0.1, 0.15) is 33.6 Å². The molecule has 2 aliphatic rings. The van der Waals surface area contributed by atoms with Crippen LogP contribution in [0.4, 0.5) is 4.79 Å². The molecule has 16 heavy (non-hydrogen) atoms. The quantitative estimate of drug-likeness (QED) is 0.591. The minimum absolute atomic E-state index is 0.160. The van der Waals surface area contributed by atoms with E-state index in [-0.39, 0.29) is 6.09 Å². The first kappa shape index (κ1) is 11.5. The number of hydrogen-bond acceptors (Lipinski definition) is 2. The third-order valence-electron chi connectivity index (χ3n) is 3.33. The van der Waals surface area contributed by atoms with Crippen molar-refractivity contribution < 1.29 is 9.53 Å². The van der Waals surface area contributed by atoms with Crippen LogP contribution >= 0.6 is 0 Å². The maximum absolute atomic E-state index is 11.9. The Labute approximate surface area is 97.5 Å². The van der Waals surface area contributed by atoms with Crippen molar-refractivity contribution in [1.29, 1.82) is 0 Å². The van der Waals surface area contributed by atoms with Crippen molar-refractivity contribution in [2.45, 2.75) is 39.2 Å². The van der Waals surface area contributed by atoms with E-state index >= 15 is 0 Å². The minimum atomic E-state index is -0.390. The van der Waals surface area contributed by atoms with Gasteiger partial charge in [0.1, 0.15) is 5.60 Å². The molecular formula is C13H21NO2. The molecule has 1 heterocycles. The van der Waals surface area contributed by atoms with Crippen LogP contribution < -0.4 is 0 Å². The molecule has 90 valence electrons. The van der Waals surface area contributed by atoms with Gasteiger partial charge in [0, 0.05) is 13.1 Å². The van der Waals surface area contributed by atoms with Crippen molar-refractivity contribution in [2.75, 3.05) is 13.1 Å². The highest BCUT2D eigenvalue weighted by Gasteiger charge is 2.40. The molecule has 0 aromatic heterocycles. The van der Waals surface area contributed by atoms with Crippen LogP contribution in [0, 0.1) is 11.8 Å². The Kier molecular flexibility index (Phi) is 2.72. The standard InChI is InChI=1S/C13H21NO2/c1-9-5-10-7-14(8-11(10)6-9)12(15)16-13(2,3)4/h10-11H,1,5-8H2,2-4H3/t10-,11?/m0/s1. The largest absolute Gasteiger partial charge is 0.444 e. The predicted octanol–water partition coefficient (Wildman–Crippen LogP) is 2.82. The highest BCUT2D eigenvalue weighted by atomic mass is 16.6. The van der Waals surface area contributed by atoms with Crippen LogP contribution in [0.5, 0.6) is 0 Å². The molecule has 0 bridgehead atoms. The zero-order chi connectivity index (χ0) is 11.9. The normalized spacial score (nSPS) is 29.4. The summed E-state index contributed by atoms with van der Waals surface area (Å²) in [5, 5.41) is 0. The molecule has 0 N–H and O–H groups in total. The zero-order valence-electron chi connectivity index (χ0n) is 10.5. The number of rotatable bonds is 0. The minimum Gasteiger partial charge on any atom is -0.444 e. The van der Waals surface area contributed by atoms with Crippen LogP contribution in [-0.4, -0.2) is 29.7 Å². The Bertz CT molecular complexity index is 300. The third-order valence-corrected chi connectivity index (χ3v) is 3.33. The summed E-state index contributed by atoms with van der Waals surface area (Å²) in [5.41, 5.74) is 0.956. The van der Waals surface area contributed by atoms with Crippen LogP contribution in [-0.2, 0) is 4.74 Å². The Morgan fingerprint density at radius 2 is 1.81 bits per heavy atom. The monoisotopic (exact) mass is 223 g/mol. The molecule has 3 nitrogen and oxygen atoms in total. The summed E-state index contributed by atoms with van der Waals surface area (Å²) in [6.07, 6.45) is 2.01. The van der Waals surface area contributed by atoms with Gasteiger partial charge in [-0.1, -0.05) is 12.2 Å². The van der Waals surface area contributed by atoms with Gasteiger partial charge in [-0.15, -0.1) is 0 Å². The number of carbonyl (C=O) groups is 1. The van der Waals surface area contributed by atoms with Crippen LogP contribution in [0.15, 0.2) is 12.2 Å². The summed E-state index contributed by atoms with van der Waals surface area (Å²) in [7, 11) is 0. The number of ether oxygens (including phenoxy) is 1. The third kappa shape index (κ3) is 2.39. The Morgan fingerprint density at radius 3 is 2.25 bits per heavy atom. The number of carbonyl (C=O) groups excluding carboxylic acids is 1. The molecule has 0 radical (unpaired) electrons. The van der Waals surface area contributed by atoms with Gasteiger partial charge in [-0.3, -0.25) is 0 Å². The second-order valence-electron chi connectivity index (χ2n) is 6.06. The van der Waals surface area contributed by atoms with E-state index in [0.717, 1.165) is 25.9 Å². The van der Waals surface area contributed by atoms with Crippen LogP contribution in [0.2, 0.25) is 0 Å². The van der Waals surface area contributed by atoms with Gasteiger partial charge in [-0.2, -0.15) is 0 Å². The first-order valence-electron chi connectivity index (χ1n) is 6.00. The lowest BCUT2D eigenvalue weighted by molar-refractivity contribution is 0.0282. The molecule has 2 atom stereocenters. The van der Waals surface area contributed by atoms with Crippen molar-refractivity contribution in [3.05, 3.63) is 12.2 Å². The number of nitrogens with zero attached hydrogens (tertiary/aromatic N) is 1. The Morgan fingerprint density at radius 1 is 1.31 bits per heavy atom. The summed E-state index contributed by atoms with van der Waals surface area (Å²) in [4.78, 5) is 13.7. The van der Waals surface area contributed by atoms with Gasteiger partial charge in [-0.25, -0.2) is 4.79 Å². The number of fused-ring (bicyclic) bond motifs is 1. The van der Waals surface area contributed by atoms with Crippen molar-refractivity contribution in [1.82, 2.24) is 4.90 Å². The number of likely N-dealkylation sites (tertiary alicyclic amines) is 1. The van der Waals surface area contributed by atoms with Crippen molar-refractivity contribution in [3.63, 3.8) is 0 Å². The maximum Gasteiger partial charge on any atom is 0.410 e. The Hall–Kier alpha value is -0.990. The molecule has 0 aromatic rings. The predicted molar refractivity (Wildman–Crippen MR) is 63.2 cm³/mol. The molecule has 3 heteroatoms. The fourth-order valence-corrected chi connectivity index (χ4v) is 2.70. The molecule has 2 fully saturated rings. The van der Waals surface area contributed by atoms with E-state index in [0.29, 0.717) is 11.8 Å². The molecule has 2 rings (SSSR count). The molecule has 1 saturated heterocycles. The molecule has 0 aromatic carbocycles. The summed E-state index contributed by atoms with van der Waals surface area (Å²) < 4.78 is 5.38. The molecule has 0 spiro atoms. The SMILES string of the molecule is C=C1CC2CN(C(=O)OC(C)(C)C)C[C@@H]2C1. The van der Waals surface area contributed by atoms with E-state index in [1.165, 1.54) is 5.57 Å². The molecule has 1 amide bonds. The van der Waals surface area contributed by atoms with E-state index in [4.69, 9.17) is 4.74 Å². The summed E-state index contributed by atoms with van der Waals surface area (Å²) >= 11 is 0. The van der Waals surface area contributed by atoms with E-state index in [1.54, 1.807) is 0 Å². The van der Waals surface area contributed by atoms with Crippen molar-refractivity contribution in [2.24, 2.45) is 11.8 Å². The van der Waals surface area contributed by atoms with Crippen molar-refractivity contribution >= 4 is 6.09 Å². The van der Waals surface area contributed by atoms with E-state index in [9.17, 15) is 4.79 Å². The van der Waals surface area contributed by atoms with E-state index in [1.807, 2.05) is 25.7 Å². The molecular weight excluding hydrogens is 202 g/mol.